The van der Waals surface area contributed by atoms with E-state index in [-0.39, 0.29) is 5.92 Å². The second-order valence-corrected chi connectivity index (χ2v) is 5.25. The summed E-state index contributed by atoms with van der Waals surface area (Å²) in [6, 6.07) is 0. The molecule has 1 heterocycles. The van der Waals surface area contributed by atoms with Gasteiger partial charge in [0.2, 0.25) is 5.91 Å². The Balaban J connectivity index is 2.31. The first-order valence-electron chi connectivity index (χ1n) is 5.72. The van der Waals surface area contributed by atoms with Crippen molar-refractivity contribution in [3.05, 3.63) is 0 Å². The average Bonchev–Trinajstić information content (AvgIpc) is 2.94. The van der Waals surface area contributed by atoms with Crippen molar-refractivity contribution in [1.29, 1.82) is 0 Å². The number of carbonyl (C=O) groups is 1. The summed E-state index contributed by atoms with van der Waals surface area (Å²) in [7, 11) is 0. The molecule has 2 aliphatic rings. The number of rotatable bonds is 2. The summed E-state index contributed by atoms with van der Waals surface area (Å²) in [5.74, 6) is -1.79. The lowest BCUT2D eigenvalue weighted by atomic mass is 9.78. The smallest absolute Gasteiger partial charge is 0.367 e. The molecule has 2 N–H and O–H groups in total. The van der Waals surface area contributed by atoms with Gasteiger partial charge >= 0.3 is 6.18 Å². The molecule has 6 heteroatoms. The topological polar surface area (TPSA) is 52.3 Å². The summed E-state index contributed by atoms with van der Waals surface area (Å²) in [6.45, 7) is 2.51. The Bertz CT molecular complexity index is 340. The van der Waals surface area contributed by atoms with Gasteiger partial charge in [-0.05, 0) is 31.6 Å². The SMILES string of the molecule is CC1C(C2CC2)C(C(N)=O)OC1(C)C(F)(F)F. The Morgan fingerprint density at radius 2 is 1.94 bits per heavy atom. The predicted molar refractivity (Wildman–Crippen MR) is 53.9 cm³/mol. The molecule has 1 aliphatic heterocycles. The molecule has 98 valence electrons. The van der Waals surface area contributed by atoms with Crippen molar-refractivity contribution < 1.29 is 22.7 Å². The molecule has 0 spiro atoms. The highest BCUT2D eigenvalue weighted by atomic mass is 19.4. The maximum Gasteiger partial charge on any atom is 0.417 e. The lowest BCUT2D eigenvalue weighted by Gasteiger charge is -2.31. The molecule has 1 saturated carbocycles. The molecule has 4 atom stereocenters. The minimum absolute atomic E-state index is 0.145. The predicted octanol–water partition coefficient (Wildman–Crippen LogP) is 1.85. The third kappa shape index (κ3) is 1.82. The second-order valence-electron chi connectivity index (χ2n) is 5.25. The van der Waals surface area contributed by atoms with E-state index >= 15 is 0 Å². The molecule has 0 aromatic carbocycles. The fourth-order valence-corrected chi connectivity index (χ4v) is 2.79. The molecule has 0 radical (unpaired) electrons. The van der Waals surface area contributed by atoms with E-state index in [0.29, 0.717) is 0 Å². The van der Waals surface area contributed by atoms with E-state index in [1.54, 1.807) is 0 Å². The number of nitrogens with two attached hydrogens (primary N) is 1. The number of amides is 1. The molecule has 17 heavy (non-hydrogen) atoms. The molecular formula is C11H16F3NO2. The quantitative estimate of drug-likeness (QED) is 0.814. The Morgan fingerprint density at radius 3 is 2.29 bits per heavy atom. The molecule has 0 aromatic rings. The lowest BCUT2D eigenvalue weighted by Crippen LogP contribution is -2.47. The van der Waals surface area contributed by atoms with Crippen LogP contribution in [0.2, 0.25) is 0 Å². The molecule has 2 fully saturated rings. The van der Waals surface area contributed by atoms with Gasteiger partial charge < -0.3 is 10.5 Å². The van der Waals surface area contributed by atoms with Gasteiger partial charge in [0.05, 0.1) is 0 Å². The fraction of sp³-hybridized carbons (Fsp3) is 0.909. The van der Waals surface area contributed by atoms with E-state index in [1.807, 2.05) is 0 Å². The molecule has 1 amide bonds. The van der Waals surface area contributed by atoms with Gasteiger partial charge in [-0.2, -0.15) is 13.2 Å². The van der Waals surface area contributed by atoms with Gasteiger partial charge in [-0.1, -0.05) is 6.92 Å². The standard InChI is InChI=1S/C11H16F3NO2/c1-5-7(6-3-4-6)8(9(15)16)17-10(5,2)11(12,13)14/h5-8H,3-4H2,1-2H3,(H2,15,16). The van der Waals surface area contributed by atoms with Gasteiger partial charge in [0, 0.05) is 5.92 Å². The van der Waals surface area contributed by atoms with E-state index in [9.17, 15) is 18.0 Å². The Hall–Kier alpha value is -0.780. The van der Waals surface area contributed by atoms with Gasteiger partial charge in [-0.25, -0.2) is 0 Å². The van der Waals surface area contributed by atoms with Gasteiger partial charge in [-0.15, -0.1) is 0 Å². The van der Waals surface area contributed by atoms with Crippen LogP contribution < -0.4 is 5.73 Å². The van der Waals surface area contributed by atoms with Gasteiger partial charge in [-0.3, -0.25) is 4.79 Å². The van der Waals surface area contributed by atoms with Crippen LogP contribution in [-0.4, -0.2) is 23.8 Å². The van der Waals surface area contributed by atoms with E-state index in [4.69, 9.17) is 10.5 Å². The first-order chi connectivity index (χ1) is 7.68. The van der Waals surface area contributed by atoms with Crippen LogP contribution in [0.1, 0.15) is 26.7 Å². The Morgan fingerprint density at radius 1 is 1.41 bits per heavy atom. The number of hydrogen-bond donors (Lipinski definition) is 1. The maximum absolute atomic E-state index is 13.0. The van der Waals surface area contributed by atoms with Crippen LogP contribution in [0.4, 0.5) is 13.2 Å². The number of alkyl halides is 3. The molecule has 3 nitrogen and oxygen atoms in total. The number of primary amides is 1. The first kappa shape index (κ1) is 12.7. The number of halogens is 3. The zero-order valence-corrected chi connectivity index (χ0v) is 9.75. The monoisotopic (exact) mass is 251 g/mol. The second kappa shape index (κ2) is 3.60. The van der Waals surface area contributed by atoms with Crippen LogP contribution in [0.5, 0.6) is 0 Å². The minimum Gasteiger partial charge on any atom is -0.367 e. The van der Waals surface area contributed by atoms with Crippen molar-refractivity contribution in [2.45, 2.75) is 44.6 Å². The summed E-state index contributed by atoms with van der Waals surface area (Å²) in [5, 5.41) is 0. The van der Waals surface area contributed by atoms with Crippen molar-refractivity contribution in [3.63, 3.8) is 0 Å². The number of carbonyl (C=O) groups excluding carboxylic acids is 1. The minimum atomic E-state index is -4.48. The Kier molecular flexibility index (Phi) is 2.69. The van der Waals surface area contributed by atoms with Crippen molar-refractivity contribution in [2.24, 2.45) is 23.5 Å². The van der Waals surface area contributed by atoms with Crippen LogP contribution in [0.25, 0.3) is 0 Å². The molecule has 1 aliphatic carbocycles. The molecule has 1 saturated heterocycles. The van der Waals surface area contributed by atoms with E-state index in [2.05, 4.69) is 0 Å². The highest BCUT2D eigenvalue weighted by Crippen LogP contribution is 2.56. The summed E-state index contributed by atoms with van der Waals surface area (Å²) in [5.41, 5.74) is 2.89. The van der Waals surface area contributed by atoms with Crippen LogP contribution in [0, 0.1) is 17.8 Å². The van der Waals surface area contributed by atoms with E-state index in [0.717, 1.165) is 19.8 Å². The van der Waals surface area contributed by atoms with Crippen LogP contribution in [-0.2, 0) is 9.53 Å². The highest BCUT2D eigenvalue weighted by molar-refractivity contribution is 5.79. The summed E-state index contributed by atoms with van der Waals surface area (Å²) in [4.78, 5) is 11.2. The maximum atomic E-state index is 13.0. The molecular weight excluding hydrogens is 235 g/mol. The van der Waals surface area contributed by atoms with E-state index in [1.165, 1.54) is 6.92 Å². The van der Waals surface area contributed by atoms with Crippen molar-refractivity contribution in [1.82, 2.24) is 0 Å². The van der Waals surface area contributed by atoms with Crippen LogP contribution in [0.15, 0.2) is 0 Å². The first-order valence-corrected chi connectivity index (χ1v) is 5.72. The van der Waals surface area contributed by atoms with Crippen LogP contribution >= 0.6 is 0 Å². The zero-order chi connectivity index (χ0) is 13.0. The van der Waals surface area contributed by atoms with Gasteiger partial charge in [0.25, 0.3) is 0 Å². The molecule has 2 rings (SSSR count). The van der Waals surface area contributed by atoms with Gasteiger partial charge in [0.15, 0.2) is 5.60 Å². The van der Waals surface area contributed by atoms with E-state index < -0.39 is 35.6 Å². The van der Waals surface area contributed by atoms with Gasteiger partial charge in [0.1, 0.15) is 6.10 Å². The molecule has 4 unspecified atom stereocenters. The Labute approximate surface area is 97.5 Å². The normalized spacial score (nSPS) is 42.8. The average molecular weight is 251 g/mol. The summed E-state index contributed by atoms with van der Waals surface area (Å²) in [6.07, 6.45) is -3.88. The summed E-state index contributed by atoms with van der Waals surface area (Å²) >= 11 is 0. The number of ether oxygens (including phenoxy) is 1. The molecule has 0 aromatic heterocycles. The zero-order valence-electron chi connectivity index (χ0n) is 9.75. The fourth-order valence-electron chi connectivity index (χ4n) is 2.79. The highest BCUT2D eigenvalue weighted by Gasteiger charge is 2.66. The van der Waals surface area contributed by atoms with Crippen LogP contribution in [0.3, 0.4) is 0 Å². The van der Waals surface area contributed by atoms with Crippen molar-refractivity contribution >= 4 is 5.91 Å². The molecule has 0 bridgehead atoms. The van der Waals surface area contributed by atoms with Crippen molar-refractivity contribution in [3.8, 4) is 0 Å². The summed E-state index contributed by atoms with van der Waals surface area (Å²) < 4.78 is 44.0. The van der Waals surface area contributed by atoms with Crippen molar-refractivity contribution in [2.75, 3.05) is 0 Å². The number of hydrogen-bond acceptors (Lipinski definition) is 2. The largest absolute Gasteiger partial charge is 0.417 e. The third-order valence-corrected chi connectivity index (χ3v) is 4.18. The third-order valence-electron chi connectivity index (χ3n) is 4.18. The lowest BCUT2D eigenvalue weighted by molar-refractivity contribution is -0.272.